The number of fused-ring (bicyclic) bond motifs is 4. The summed E-state index contributed by atoms with van der Waals surface area (Å²) in [6.45, 7) is 2.57. The molecule has 0 N–H and O–H groups in total. The summed E-state index contributed by atoms with van der Waals surface area (Å²) in [5.74, 6) is 0.493. The third kappa shape index (κ3) is 3.03. The minimum atomic E-state index is -4.14. The van der Waals surface area contributed by atoms with Gasteiger partial charge >= 0.3 is 5.89 Å². The molecule has 0 atom stereocenters. The average molecular weight is 376 g/mol. The Morgan fingerprint density at radius 3 is 2.77 bits per heavy atom. The van der Waals surface area contributed by atoms with Crippen molar-refractivity contribution in [3.63, 3.8) is 0 Å². The molecule has 1 aliphatic rings. The molecule has 26 heavy (non-hydrogen) atoms. The van der Waals surface area contributed by atoms with E-state index in [1.54, 1.807) is 0 Å². The molecule has 1 aromatic carbocycles. The molecule has 0 saturated heterocycles. The fourth-order valence-electron chi connectivity index (χ4n) is 4.28. The first-order chi connectivity index (χ1) is 12.3. The summed E-state index contributed by atoms with van der Waals surface area (Å²) in [6, 6.07) is 4.34. The number of unbranched alkanes of at least 4 members (excludes halogenated alkanes) is 1. The Morgan fingerprint density at radius 2 is 2.00 bits per heavy atom. The maximum Gasteiger partial charge on any atom is 0.344 e. The van der Waals surface area contributed by atoms with Gasteiger partial charge in [0.2, 0.25) is 5.58 Å². The van der Waals surface area contributed by atoms with Crippen LogP contribution in [0.4, 0.5) is 0 Å². The van der Waals surface area contributed by atoms with Gasteiger partial charge in [-0.05, 0) is 37.7 Å². The Morgan fingerprint density at radius 1 is 1.23 bits per heavy atom. The first-order valence-electron chi connectivity index (χ1n) is 9.22. The normalized spacial score (nSPS) is 15.0. The molecule has 0 unspecified atom stereocenters. The van der Waals surface area contributed by atoms with E-state index in [0.717, 1.165) is 29.8 Å². The lowest BCUT2D eigenvalue weighted by Crippen LogP contribution is -2.35. The number of hydrogen-bond donors (Lipinski definition) is 0. The van der Waals surface area contributed by atoms with Gasteiger partial charge < -0.3 is 13.5 Å². The van der Waals surface area contributed by atoms with Crippen LogP contribution in [0.25, 0.3) is 22.0 Å². The van der Waals surface area contributed by atoms with E-state index in [2.05, 4.69) is 28.3 Å². The third-order valence-electron chi connectivity index (χ3n) is 5.56. The molecule has 0 spiro atoms. The minimum absolute atomic E-state index is 0.307. The van der Waals surface area contributed by atoms with Crippen molar-refractivity contribution >= 4 is 32.1 Å². The van der Waals surface area contributed by atoms with Crippen LogP contribution in [0.15, 0.2) is 16.5 Å². The molecule has 6 nitrogen and oxygen atoms in total. The van der Waals surface area contributed by atoms with Gasteiger partial charge in [0.05, 0.1) is 22.6 Å². The zero-order valence-corrected chi connectivity index (χ0v) is 16.1. The number of rotatable bonds is 5. The lowest BCUT2D eigenvalue weighted by molar-refractivity contribution is -0.683. The summed E-state index contributed by atoms with van der Waals surface area (Å²) in [6.07, 6.45) is 5.73. The van der Waals surface area contributed by atoms with E-state index in [1.165, 1.54) is 35.0 Å². The largest absolute Gasteiger partial charge is 0.748 e. The maximum absolute atomic E-state index is 10.8. The van der Waals surface area contributed by atoms with Crippen LogP contribution < -0.4 is 4.57 Å². The first kappa shape index (κ1) is 17.5. The fourth-order valence-corrected chi connectivity index (χ4v) is 4.83. The fraction of sp³-hybridized carbons (Fsp3) is 0.526. The van der Waals surface area contributed by atoms with Crippen molar-refractivity contribution in [2.75, 3.05) is 5.75 Å². The first-order valence-corrected chi connectivity index (χ1v) is 10.8. The molecule has 0 fully saturated rings. The van der Waals surface area contributed by atoms with E-state index in [9.17, 15) is 13.0 Å². The van der Waals surface area contributed by atoms with Gasteiger partial charge in [-0.2, -0.15) is 4.57 Å². The van der Waals surface area contributed by atoms with Crippen molar-refractivity contribution in [1.29, 1.82) is 0 Å². The second-order valence-corrected chi connectivity index (χ2v) is 8.79. The number of aromatic nitrogens is 2. The van der Waals surface area contributed by atoms with E-state index in [0.29, 0.717) is 19.4 Å². The van der Waals surface area contributed by atoms with Gasteiger partial charge in [0.1, 0.15) is 0 Å². The summed E-state index contributed by atoms with van der Waals surface area (Å²) >= 11 is 0. The van der Waals surface area contributed by atoms with E-state index in [4.69, 9.17) is 4.42 Å². The number of benzene rings is 1. The highest BCUT2D eigenvalue weighted by molar-refractivity contribution is 7.85. The molecule has 0 aliphatic heterocycles. The van der Waals surface area contributed by atoms with E-state index in [1.807, 2.05) is 6.92 Å². The highest BCUT2D eigenvalue weighted by Gasteiger charge is 2.24. The predicted octanol–water partition coefficient (Wildman–Crippen LogP) is 2.72. The summed E-state index contributed by atoms with van der Waals surface area (Å²) < 4.78 is 42.7. The molecule has 3 aromatic rings. The second kappa shape index (κ2) is 6.39. The van der Waals surface area contributed by atoms with E-state index < -0.39 is 10.1 Å². The Bertz CT molecular complexity index is 1090. The van der Waals surface area contributed by atoms with Crippen LogP contribution >= 0.6 is 0 Å². The quantitative estimate of drug-likeness (QED) is 0.390. The molecule has 0 amide bonds. The zero-order valence-electron chi connectivity index (χ0n) is 15.2. The number of hydrogen-bond acceptors (Lipinski definition) is 4. The van der Waals surface area contributed by atoms with E-state index in [-0.39, 0.29) is 5.75 Å². The molecule has 0 radical (unpaired) electrons. The van der Waals surface area contributed by atoms with Gasteiger partial charge in [-0.15, -0.1) is 0 Å². The van der Waals surface area contributed by atoms with Crippen molar-refractivity contribution in [2.24, 2.45) is 7.05 Å². The molecule has 2 aromatic heterocycles. The molecular weight excluding hydrogens is 352 g/mol. The third-order valence-corrected chi connectivity index (χ3v) is 6.35. The SMILES string of the molecule is Cc1oc2cc3c(cc2[n+]1CCCCS(=O)(=O)[O-])c1c(n3C)CCCC1. The molecule has 0 bridgehead atoms. The molecule has 1 aliphatic carbocycles. The summed E-state index contributed by atoms with van der Waals surface area (Å²) in [4.78, 5) is 0. The van der Waals surface area contributed by atoms with Crippen LogP contribution in [-0.4, -0.2) is 23.3 Å². The van der Waals surface area contributed by atoms with Crippen molar-refractivity contribution < 1.29 is 22.0 Å². The molecular formula is C19H24N2O4S. The van der Waals surface area contributed by atoms with Gasteiger partial charge in [0.15, 0.2) is 6.54 Å². The highest BCUT2D eigenvalue weighted by atomic mass is 32.2. The van der Waals surface area contributed by atoms with Crippen LogP contribution in [0, 0.1) is 6.92 Å². The number of nitrogens with zero attached hydrogens (tertiary/aromatic N) is 2. The summed E-state index contributed by atoms with van der Waals surface area (Å²) in [7, 11) is -2.01. The Hall–Kier alpha value is -1.86. The second-order valence-electron chi connectivity index (χ2n) is 7.27. The Balaban J connectivity index is 1.72. The lowest BCUT2D eigenvalue weighted by Gasteiger charge is -2.12. The van der Waals surface area contributed by atoms with Crippen molar-refractivity contribution in [3.8, 4) is 0 Å². The van der Waals surface area contributed by atoms with Crippen LogP contribution in [0.3, 0.4) is 0 Å². The van der Waals surface area contributed by atoms with Gasteiger partial charge in [-0.3, -0.25) is 0 Å². The zero-order chi connectivity index (χ0) is 18.5. The number of aryl methyl sites for hydroxylation is 4. The van der Waals surface area contributed by atoms with Crippen molar-refractivity contribution in [1.82, 2.24) is 4.57 Å². The minimum Gasteiger partial charge on any atom is -0.748 e. The standard InChI is InChI=1S/C19H24N2O4S/c1-13-21(9-5-6-10-26(22,23)24)18-11-15-14-7-3-4-8-16(14)20(2)17(15)12-19(18)25-13/h11-12H,3-10H2,1-2H3. The maximum atomic E-state index is 10.8. The van der Waals surface area contributed by atoms with Gasteiger partial charge in [-0.25, -0.2) is 8.42 Å². The molecule has 2 heterocycles. The van der Waals surface area contributed by atoms with Gasteiger partial charge in [0, 0.05) is 42.4 Å². The van der Waals surface area contributed by atoms with Crippen LogP contribution in [0.2, 0.25) is 0 Å². The summed E-state index contributed by atoms with van der Waals surface area (Å²) in [5.41, 5.74) is 5.99. The predicted molar refractivity (Wildman–Crippen MR) is 98.1 cm³/mol. The lowest BCUT2D eigenvalue weighted by atomic mass is 9.95. The Kier molecular flexibility index (Phi) is 4.31. The van der Waals surface area contributed by atoms with Gasteiger partial charge in [-0.1, -0.05) is 0 Å². The van der Waals surface area contributed by atoms with Crippen molar-refractivity contribution in [2.45, 2.75) is 52.0 Å². The molecule has 4 rings (SSSR count). The molecule has 0 saturated carbocycles. The smallest absolute Gasteiger partial charge is 0.344 e. The average Bonchev–Trinajstić information content (AvgIpc) is 3.04. The monoisotopic (exact) mass is 376 g/mol. The summed E-state index contributed by atoms with van der Waals surface area (Å²) in [5, 5.41) is 1.30. The molecule has 7 heteroatoms. The van der Waals surface area contributed by atoms with Gasteiger partial charge in [0.25, 0.3) is 5.52 Å². The van der Waals surface area contributed by atoms with Crippen molar-refractivity contribution in [3.05, 3.63) is 29.3 Å². The van der Waals surface area contributed by atoms with Crippen LogP contribution in [0.5, 0.6) is 0 Å². The number of oxazole rings is 1. The topological polar surface area (TPSA) is 79.2 Å². The highest BCUT2D eigenvalue weighted by Crippen LogP contribution is 2.33. The van der Waals surface area contributed by atoms with E-state index >= 15 is 0 Å². The van der Waals surface area contributed by atoms with Crippen LogP contribution in [0.1, 0.15) is 42.8 Å². The molecule has 140 valence electrons. The Labute approximate surface area is 153 Å². The van der Waals surface area contributed by atoms with Crippen LogP contribution in [-0.2, 0) is 36.6 Å².